The highest BCUT2D eigenvalue weighted by atomic mass is 19.1. The molecule has 1 atom stereocenters. The second-order valence-electron chi connectivity index (χ2n) is 3.42. The highest BCUT2D eigenvalue weighted by molar-refractivity contribution is 5.41. The lowest BCUT2D eigenvalue weighted by molar-refractivity contribution is 0.428. The van der Waals surface area contributed by atoms with Gasteiger partial charge in [-0.05, 0) is 29.7 Å². The number of rotatable bonds is 1. The van der Waals surface area contributed by atoms with Gasteiger partial charge < -0.3 is 10.4 Å². The molecule has 14 heavy (non-hydrogen) atoms. The summed E-state index contributed by atoms with van der Waals surface area (Å²) in [5, 5.41) is 12.5. The van der Waals surface area contributed by atoms with E-state index in [1.165, 1.54) is 12.1 Å². The first-order chi connectivity index (χ1) is 6.72. The zero-order valence-corrected chi connectivity index (χ0v) is 7.76. The van der Waals surface area contributed by atoms with E-state index in [9.17, 15) is 9.50 Å². The van der Waals surface area contributed by atoms with Gasteiger partial charge in [-0.25, -0.2) is 4.39 Å². The minimum Gasteiger partial charge on any atom is -0.505 e. The van der Waals surface area contributed by atoms with Gasteiger partial charge in [-0.2, -0.15) is 0 Å². The van der Waals surface area contributed by atoms with Gasteiger partial charge in [0.05, 0.1) is 6.04 Å². The maximum absolute atomic E-state index is 13.0. The lowest BCUT2D eigenvalue weighted by atomic mass is 9.94. The minimum atomic E-state index is -0.548. The standard InChI is InChI=1S/C11H12FNO/c1-2-10-8-6-11(14)9(12)5-7(8)3-4-13-10/h2,5-6,10,13-14H,1,3-4H2. The molecule has 0 fully saturated rings. The van der Waals surface area contributed by atoms with Crippen molar-refractivity contribution in [2.45, 2.75) is 12.5 Å². The summed E-state index contributed by atoms with van der Waals surface area (Å²) in [5.41, 5.74) is 1.87. The molecule has 0 bridgehead atoms. The first-order valence-electron chi connectivity index (χ1n) is 4.59. The fraction of sp³-hybridized carbons (Fsp3) is 0.273. The Hall–Kier alpha value is -1.35. The van der Waals surface area contributed by atoms with Crippen molar-refractivity contribution in [3.05, 3.63) is 41.7 Å². The van der Waals surface area contributed by atoms with E-state index in [4.69, 9.17) is 0 Å². The Bertz CT molecular complexity index is 376. The van der Waals surface area contributed by atoms with Crippen molar-refractivity contribution in [2.75, 3.05) is 6.54 Å². The molecule has 1 aliphatic rings. The molecule has 1 aromatic rings. The normalized spacial score (nSPS) is 20.2. The van der Waals surface area contributed by atoms with Gasteiger partial charge in [-0.1, -0.05) is 6.08 Å². The van der Waals surface area contributed by atoms with Gasteiger partial charge in [0.25, 0.3) is 0 Å². The SMILES string of the molecule is C=CC1NCCc2cc(F)c(O)cc21. The van der Waals surface area contributed by atoms with Crippen LogP contribution in [0.4, 0.5) is 4.39 Å². The third kappa shape index (κ3) is 1.40. The smallest absolute Gasteiger partial charge is 0.165 e. The number of halogens is 1. The van der Waals surface area contributed by atoms with Gasteiger partial charge in [-0.3, -0.25) is 0 Å². The highest BCUT2D eigenvalue weighted by Crippen LogP contribution is 2.29. The molecule has 0 aliphatic carbocycles. The number of phenolic OH excluding ortho intramolecular Hbond substituents is 1. The van der Waals surface area contributed by atoms with Crippen LogP contribution in [0.5, 0.6) is 5.75 Å². The van der Waals surface area contributed by atoms with Crippen LogP contribution in [0.1, 0.15) is 17.2 Å². The molecule has 0 saturated heterocycles. The summed E-state index contributed by atoms with van der Waals surface area (Å²) in [6, 6.07) is 2.90. The number of nitrogens with one attached hydrogen (secondary N) is 1. The van der Waals surface area contributed by atoms with Crippen LogP contribution in [-0.2, 0) is 6.42 Å². The third-order valence-electron chi connectivity index (χ3n) is 2.54. The van der Waals surface area contributed by atoms with Crippen LogP contribution in [0.3, 0.4) is 0 Å². The van der Waals surface area contributed by atoms with E-state index in [-0.39, 0.29) is 11.8 Å². The van der Waals surface area contributed by atoms with Crippen molar-refractivity contribution in [2.24, 2.45) is 0 Å². The van der Waals surface area contributed by atoms with Crippen molar-refractivity contribution in [1.82, 2.24) is 5.32 Å². The zero-order valence-electron chi connectivity index (χ0n) is 7.76. The van der Waals surface area contributed by atoms with Crippen LogP contribution in [0.2, 0.25) is 0 Å². The fourth-order valence-electron chi connectivity index (χ4n) is 1.81. The van der Waals surface area contributed by atoms with Crippen molar-refractivity contribution in [1.29, 1.82) is 0 Å². The van der Waals surface area contributed by atoms with Crippen LogP contribution in [0.15, 0.2) is 24.8 Å². The number of benzene rings is 1. The molecule has 3 heteroatoms. The molecule has 0 saturated carbocycles. The van der Waals surface area contributed by atoms with Crippen molar-refractivity contribution < 1.29 is 9.50 Å². The van der Waals surface area contributed by atoms with Gasteiger partial charge in [0.15, 0.2) is 11.6 Å². The highest BCUT2D eigenvalue weighted by Gasteiger charge is 2.19. The third-order valence-corrected chi connectivity index (χ3v) is 2.54. The van der Waals surface area contributed by atoms with Crippen LogP contribution >= 0.6 is 0 Å². The Labute approximate surface area is 82.1 Å². The molecule has 74 valence electrons. The average molecular weight is 193 g/mol. The summed E-state index contributed by atoms with van der Waals surface area (Å²) in [5.74, 6) is -0.840. The Morgan fingerprint density at radius 3 is 3.07 bits per heavy atom. The summed E-state index contributed by atoms with van der Waals surface area (Å²) in [7, 11) is 0. The van der Waals surface area contributed by atoms with E-state index in [1.54, 1.807) is 6.08 Å². The first kappa shape index (κ1) is 9.21. The summed E-state index contributed by atoms with van der Waals surface area (Å²) in [6.45, 7) is 4.51. The van der Waals surface area contributed by atoms with Gasteiger partial charge in [0, 0.05) is 6.54 Å². The number of hydrogen-bond donors (Lipinski definition) is 2. The second-order valence-corrected chi connectivity index (χ2v) is 3.42. The number of aromatic hydroxyl groups is 1. The molecule has 1 aliphatic heterocycles. The number of phenols is 1. The Morgan fingerprint density at radius 1 is 1.57 bits per heavy atom. The molecule has 1 unspecified atom stereocenters. The van der Waals surface area contributed by atoms with E-state index in [2.05, 4.69) is 11.9 Å². The quantitative estimate of drug-likeness (QED) is 0.668. The molecule has 2 N–H and O–H groups in total. The molecule has 0 radical (unpaired) electrons. The Balaban J connectivity index is 2.52. The summed E-state index contributed by atoms with van der Waals surface area (Å²) < 4.78 is 13.0. The monoisotopic (exact) mass is 193 g/mol. The number of hydrogen-bond acceptors (Lipinski definition) is 2. The molecule has 0 aromatic heterocycles. The van der Waals surface area contributed by atoms with Crippen LogP contribution < -0.4 is 5.32 Å². The predicted molar refractivity (Wildman–Crippen MR) is 52.7 cm³/mol. The second kappa shape index (κ2) is 3.42. The van der Waals surface area contributed by atoms with Gasteiger partial charge >= 0.3 is 0 Å². The molecule has 2 nitrogen and oxygen atoms in total. The maximum atomic E-state index is 13.0. The summed E-state index contributed by atoms with van der Waals surface area (Å²) in [6.07, 6.45) is 2.55. The molecule has 0 amide bonds. The summed E-state index contributed by atoms with van der Waals surface area (Å²) in [4.78, 5) is 0. The molecular formula is C11H12FNO. The predicted octanol–water partition coefficient (Wildman–Crippen LogP) is 1.90. The lowest BCUT2D eigenvalue weighted by Gasteiger charge is -2.24. The average Bonchev–Trinajstić information content (AvgIpc) is 2.19. The van der Waals surface area contributed by atoms with E-state index >= 15 is 0 Å². The molecule has 0 spiro atoms. The summed E-state index contributed by atoms with van der Waals surface area (Å²) >= 11 is 0. The largest absolute Gasteiger partial charge is 0.505 e. The Morgan fingerprint density at radius 2 is 2.36 bits per heavy atom. The van der Waals surface area contributed by atoms with E-state index in [1.807, 2.05) is 0 Å². The van der Waals surface area contributed by atoms with Crippen molar-refractivity contribution >= 4 is 0 Å². The van der Waals surface area contributed by atoms with Crippen molar-refractivity contribution in [3.63, 3.8) is 0 Å². The lowest BCUT2D eigenvalue weighted by Crippen LogP contribution is -2.28. The molecule has 1 heterocycles. The van der Waals surface area contributed by atoms with E-state index < -0.39 is 5.82 Å². The Kier molecular flexibility index (Phi) is 2.25. The van der Waals surface area contributed by atoms with E-state index in [0.29, 0.717) is 0 Å². The zero-order chi connectivity index (χ0) is 10.1. The molecular weight excluding hydrogens is 181 g/mol. The molecule has 2 rings (SSSR count). The van der Waals surface area contributed by atoms with Crippen LogP contribution in [-0.4, -0.2) is 11.7 Å². The number of fused-ring (bicyclic) bond motifs is 1. The molecule has 1 aromatic carbocycles. The van der Waals surface area contributed by atoms with Crippen molar-refractivity contribution in [3.8, 4) is 5.75 Å². The van der Waals surface area contributed by atoms with Crippen LogP contribution in [0, 0.1) is 5.82 Å². The van der Waals surface area contributed by atoms with Crippen LogP contribution in [0.25, 0.3) is 0 Å². The van der Waals surface area contributed by atoms with Gasteiger partial charge in [0.2, 0.25) is 0 Å². The first-order valence-corrected chi connectivity index (χ1v) is 4.59. The fourth-order valence-corrected chi connectivity index (χ4v) is 1.81. The van der Waals surface area contributed by atoms with Gasteiger partial charge in [0.1, 0.15) is 0 Å². The van der Waals surface area contributed by atoms with E-state index in [0.717, 1.165) is 24.1 Å². The van der Waals surface area contributed by atoms with Gasteiger partial charge in [-0.15, -0.1) is 6.58 Å². The minimum absolute atomic E-state index is 0.0187. The topological polar surface area (TPSA) is 32.3 Å². The maximum Gasteiger partial charge on any atom is 0.165 e.